The summed E-state index contributed by atoms with van der Waals surface area (Å²) in [7, 11) is 0. The zero-order chi connectivity index (χ0) is 8.23. The smallest absolute Gasteiger partial charge is 0.202 e. The minimum Gasteiger partial charge on any atom is -0.360 e. The van der Waals surface area contributed by atoms with Gasteiger partial charge >= 0.3 is 0 Å². The maximum atomic E-state index is 4.07. The molecule has 1 N–H and O–H groups in total. The van der Waals surface area contributed by atoms with E-state index >= 15 is 0 Å². The molecule has 0 aromatic carbocycles. The third kappa shape index (κ3) is 2.10. The predicted octanol–water partition coefficient (Wildman–Crippen LogP) is 1.70. The van der Waals surface area contributed by atoms with Crippen molar-refractivity contribution in [3.63, 3.8) is 0 Å². The molecule has 0 spiro atoms. The van der Waals surface area contributed by atoms with Crippen LogP contribution in [0.3, 0.4) is 0 Å². The van der Waals surface area contributed by atoms with Gasteiger partial charge < -0.3 is 5.32 Å². The molecule has 66 valence electrons. The summed E-state index contributed by atoms with van der Waals surface area (Å²) in [6, 6.07) is 0. The molecule has 5 heteroatoms. The van der Waals surface area contributed by atoms with Crippen LogP contribution in [0.2, 0.25) is 0 Å². The Bertz CT molecular complexity index is 219. The monoisotopic (exact) mass is 201 g/mol. The van der Waals surface area contributed by atoms with E-state index in [0.717, 1.165) is 17.6 Å². The van der Waals surface area contributed by atoms with Crippen LogP contribution in [0.1, 0.15) is 6.42 Å². The highest BCUT2D eigenvalue weighted by Crippen LogP contribution is 2.23. The normalized spacial score (nSPS) is 22.8. The molecule has 1 aromatic rings. The van der Waals surface area contributed by atoms with Crippen LogP contribution in [-0.4, -0.2) is 27.4 Å². The van der Waals surface area contributed by atoms with Crippen molar-refractivity contribution in [1.29, 1.82) is 0 Å². The Morgan fingerprint density at radius 3 is 3.33 bits per heavy atom. The summed E-state index contributed by atoms with van der Waals surface area (Å²) >= 11 is 3.47. The van der Waals surface area contributed by atoms with Crippen LogP contribution >= 0.6 is 23.3 Å². The lowest BCUT2D eigenvalue weighted by molar-refractivity contribution is 0.631. The van der Waals surface area contributed by atoms with Crippen molar-refractivity contribution in [1.82, 2.24) is 9.36 Å². The standard InChI is InChI=1S/C7H11N3S2/c1-2-11-4-6(1)3-8-7-9-5-10-12-7/h5-6H,1-4H2,(H,8,9,10). The third-order valence-electron chi connectivity index (χ3n) is 1.93. The van der Waals surface area contributed by atoms with Crippen molar-refractivity contribution in [2.24, 2.45) is 5.92 Å². The zero-order valence-electron chi connectivity index (χ0n) is 6.69. The average molecular weight is 201 g/mol. The van der Waals surface area contributed by atoms with Gasteiger partial charge in [-0.15, -0.1) is 0 Å². The fraction of sp³-hybridized carbons (Fsp3) is 0.714. The van der Waals surface area contributed by atoms with E-state index in [-0.39, 0.29) is 0 Å². The summed E-state index contributed by atoms with van der Waals surface area (Å²) < 4.78 is 3.93. The second kappa shape index (κ2) is 4.09. The summed E-state index contributed by atoms with van der Waals surface area (Å²) in [6.45, 7) is 1.06. The van der Waals surface area contributed by atoms with Gasteiger partial charge in [-0.1, -0.05) is 0 Å². The highest BCUT2D eigenvalue weighted by atomic mass is 32.2. The lowest BCUT2D eigenvalue weighted by Gasteiger charge is -2.07. The molecule has 2 rings (SSSR count). The second-order valence-corrected chi connectivity index (χ2v) is 4.79. The molecule has 0 bridgehead atoms. The van der Waals surface area contributed by atoms with E-state index in [4.69, 9.17) is 0 Å². The van der Waals surface area contributed by atoms with Crippen LogP contribution in [0.25, 0.3) is 0 Å². The van der Waals surface area contributed by atoms with Crippen LogP contribution in [0.4, 0.5) is 5.13 Å². The molecule has 1 aliphatic heterocycles. The second-order valence-electron chi connectivity index (χ2n) is 2.86. The summed E-state index contributed by atoms with van der Waals surface area (Å²) in [5.41, 5.74) is 0. The van der Waals surface area contributed by atoms with Gasteiger partial charge in [0.15, 0.2) is 0 Å². The van der Waals surface area contributed by atoms with Gasteiger partial charge in [-0.2, -0.15) is 16.1 Å². The number of hydrogen-bond acceptors (Lipinski definition) is 5. The minimum absolute atomic E-state index is 0.832. The van der Waals surface area contributed by atoms with Crippen molar-refractivity contribution in [2.45, 2.75) is 6.42 Å². The number of aromatic nitrogens is 2. The van der Waals surface area contributed by atoms with E-state index in [1.54, 1.807) is 6.33 Å². The Hall–Kier alpha value is -0.290. The molecule has 0 aliphatic carbocycles. The van der Waals surface area contributed by atoms with Gasteiger partial charge in [0.1, 0.15) is 6.33 Å². The zero-order valence-corrected chi connectivity index (χ0v) is 8.33. The van der Waals surface area contributed by atoms with E-state index < -0.39 is 0 Å². The van der Waals surface area contributed by atoms with Gasteiger partial charge in [-0.3, -0.25) is 0 Å². The van der Waals surface area contributed by atoms with Crippen LogP contribution < -0.4 is 5.32 Å². The highest BCUT2D eigenvalue weighted by Gasteiger charge is 2.14. The molecule has 1 fully saturated rings. The first-order valence-corrected chi connectivity index (χ1v) is 5.96. The number of nitrogens with one attached hydrogen (secondary N) is 1. The minimum atomic E-state index is 0.832. The molecule has 1 unspecified atom stereocenters. The van der Waals surface area contributed by atoms with E-state index in [1.165, 1.54) is 29.5 Å². The molecule has 2 heterocycles. The first-order chi connectivity index (χ1) is 5.95. The number of anilines is 1. The largest absolute Gasteiger partial charge is 0.360 e. The summed E-state index contributed by atoms with van der Waals surface area (Å²) in [4.78, 5) is 4.07. The Morgan fingerprint density at radius 2 is 2.67 bits per heavy atom. The maximum Gasteiger partial charge on any atom is 0.202 e. The highest BCUT2D eigenvalue weighted by molar-refractivity contribution is 7.99. The number of thioether (sulfide) groups is 1. The summed E-state index contributed by atoms with van der Waals surface area (Å²) in [5.74, 6) is 3.45. The van der Waals surface area contributed by atoms with Crippen molar-refractivity contribution >= 4 is 28.4 Å². The van der Waals surface area contributed by atoms with Gasteiger partial charge in [0, 0.05) is 18.1 Å². The van der Waals surface area contributed by atoms with E-state index in [9.17, 15) is 0 Å². The van der Waals surface area contributed by atoms with Crippen LogP contribution in [0.5, 0.6) is 0 Å². The Morgan fingerprint density at radius 1 is 1.67 bits per heavy atom. The van der Waals surface area contributed by atoms with Gasteiger partial charge in [-0.05, 0) is 23.8 Å². The average Bonchev–Trinajstić information content (AvgIpc) is 2.74. The van der Waals surface area contributed by atoms with E-state index in [2.05, 4.69) is 14.7 Å². The molecule has 0 saturated carbocycles. The van der Waals surface area contributed by atoms with Crippen molar-refractivity contribution in [3.8, 4) is 0 Å². The van der Waals surface area contributed by atoms with Crippen LogP contribution in [0, 0.1) is 5.92 Å². The Balaban J connectivity index is 1.74. The van der Waals surface area contributed by atoms with Gasteiger partial charge in [-0.25, -0.2) is 4.98 Å². The SMILES string of the molecule is c1nsc(NCC2CCSC2)n1. The molecule has 1 saturated heterocycles. The van der Waals surface area contributed by atoms with Crippen molar-refractivity contribution in [2.75, 3.05) is 23.4 Å². The summed E-state index contributed by atoms with van der Waals surface area (Å²) in [5, 5.41) is 4.25. The molecule has 1 aliphatic rings. The fourth-order valence-electron chi connectivity index (χ4n) is 1.23. The molecule has 12 heavy (non-hydrogen) atoms. The number of rotatable bonds is 3. The van der Waals surface area contributed by atoms with Gasteiger partial charge in [0.2, 0.25) is 5.13 Å². The molecular formula is C7H11N3S2. The quantitative estimate of drug-likeness (QED) is 0.808. The molecular weight excluding hydrogens is 190 g/mol. The lowest BCUT2D eigenvalue weighted by Crippen LogP contribution is -2.13. The predicted molar refractivity (Wildman–Crippen MR) is 53.8 cm³/mol. The number of nitrogens with zero attached hydrogens (tertiary/aromatic N) is 2. The molecule has 0 amide bonds. The molecule has 3 nitrogen and oxygen atoms in total. The van der Waals surface area contributed by atoms with Crippen molar-refractivity contribution < 1.29 is 0 Å². The van der Waals surface area contributed by atoms with E-state index in [0.29, 0.717) is 0 Å². The van der Waals surface area contributed by atoms with Crippen LogP contribution in [-0.2, 0) is 0 Å². The van der Waals surface area contributed by atoms with Crippen molar-refractivity contribution in [3.05, 3.63) is 6.33 Å². The van der Waals surface area contributed by atoms with Crippen LogP contribution in [0.15, 0.2) is 6.33 Å². The maximum absolute atomic E-state index is 4.07. The topological polar surface area (TPSA) is 37.8 Å². The molecule has 0 radical (unpaired) electrons. The van der Waals surface area contributed by atoms with Gasteiger partial charge in [0.25, 0.3) is 0 Å². The van der Waals surface area contributed by atoms with Gasteiger partial charge in [0.05, 0.1) is 0 Å². The lowest BCUT2D eigenvalue weighted by atomic mass is 10.1. The van der Waals surface area contributed by atoms with E-state index in [1.807, 2.05) is 11.8 Å². The first kappa shape index (κ1) is 8.31. The number of hydrogen-bond donors (Lipinski definition) is 1. The summed E-state index contributed by atoms with van der Waals surface area (Å²) in [6.07, 6.45) is 2.94. The molecule has 1 aromatic heterocycles. The third-order valence-corrected chi connectivity index (χ3v) is 3.78. The Kier molecular flexibility index (Phi) is 2.83. The first-order valence-electron chi connectivity index (χ1n) is 4.03. The molecule has 1 atom stereocenters. The Labute approximate surface area is 80.1 Å². The fourth-order valence-corrected chi connectivity index (χ4v) is 2.95.